The number of nitrogen functional groups attached to an aromatic ring is 1. The van der Waals surface area contributed by atoms with Gasteiger partial charge in [0.25, 0.3) is 11.8 Å². The summed E-state index contributed by atoms with van der Waals surface area (Å²) in [5, 5.41) is 8.23. The first-order valence-corrected chi connectivity index (χ1v) is 9.35. The second-order valence-electron chi connectivity index (χ2n) is 7.18. The Morgan fingerprint density at radius 2 is 1.97 bits per heavy atom. The van der Waals surface area contributed by atoms with Crippen molar-refractivity contribution in [3.05, 3.63) is 75.2 Å². The molecule has 9 heteroatoms. The van der Waals surface area contributed by atoms with E-state index >= 15 is 0 Å². The Labute approximate surface area is 176 Å². The van der Waals surface area contributed by atoms with Gasteiger partial charge in [0.2, 0.25) is 0 Å². The predicted molar refractivity (Wildman–Crippen MR) is 117 cm³/mol. The van der Waals surface area contributed by atoms with E-state index in [2.05, 4.69) is 20.8 Å². The van der Waals surface area contributed by atoms with Gasteiger partial charge in [0.1, 0.15) is 11.5 Å². The van der Waals surface area contributed by atoms with Crippen molar-refractivity contribution in [2.45, 2.75) is 13.8 Å². The number of hydrogen-bond donors (Lipinski definition) is 4. The number of anilines is 3. The van der Waals surface area contributed by atoms with Crippen LogP contribution in [-0.4, -0.2) is 16.8 Å². The lowest BCUT2D eigenvalue weighted by atomic mass is 10.0. The van der Waals surface area contributed by atoms with Crippen LogP contribution in [0.3, 0.4) is 0 Å². The van der Waals surface area contributed by atoms with Crippen LogP contribution in [0.5, 0.6) is 0 Å². The summed E-state index contributed by atoms with van der Waals surface area (Å²) >= 11 is 0. The highest BCUT2D eigenvalue weighted by Gasteiger charge is 2.26. The van der Waals surface area contributed by atoms with Crippen molar-refractivity contribution in [3.63, 3.8) is 0 Å². The Morgan fingerprint density at radius 3 is 2.71 bits per heavy atom. The van der Waals surface area contributed by atoms with E-state index in [0.29, 0.717) is 39.3 Å². The van der Waals surface area contributed by atoms with Gasteiger partial charge in [0.15, 0.2) is 0 Å². The molecule has 2 heterocycles. The summed E-state index contributed by atoms with van der Waals surface area (Å²) in [7, 11) is 0. The molecule has 5 N–H and O–H groups in total. The first kappa shape index (κ1) is 20.0. The summed E-state index contributed by atoms with van der Waals surface area (Å²) in [6, 6.07) is 8.37. The number of nitrogens with zero attached hydrogens (tertiary/aromatic N) is 1. The van der Waals surface area contributed by atoms with E-state index in [0.717, 1.165) is 0 Å². The maximum atomic E-state index is 13.7. The first-order chi connectivity index (χ1) is 14.8. The number of benzene rings is 2. The summed E-state index contributed by atoms with van der Waals surface area (Å²) in [5.74, 6) is -1.25. The number of aromatic amines is 1. The molecule has 0 saturated carbocycles. The van der Waals surface area contributed by atoms with Gasteiger partial charge in [-0.2, -0.15) is 0 Å². The third-order valence-electron chi connectivity index (χ3n) is 5.15. The van der Waals surface area contributed by atoms with Crippen molar-refractivity contribution >= 4 is 46.2 Å². The van der Waals surface area contributed by atoms with Gasteiger partial charge in [-0.15, -0.1) is 4.91 Å². The van der Waals surface area contributed by atoms with Crippen LogP contribution in [0, 0.1) is 24.6 Å². The summed E-state index contributed by atoms with van der Waals surface area (Å²) < 4.78 is 13.7. The average molecular weight is 419 g/mol. The fraction of sp³-hybridized carbons (Fsp3) is 0.0909. The molecule has 0 atom stereocenters. The van der Waals surface area contributed by atoms with Gasteiger partial charge < -0.3 is 21.4 Å². The van der Waals surface area contributed by atoms with Crippen molar-refractivity contribution in [2.75, 3.05) is 16.4 Å². The van der Waals surface area contributed by atoms with Crippen LogP contribution in [0.2, 0.25) is 0 Å². The third-order valence-corrected chi connectivity index (χ3v) is 5.15. The van der Waals surface area contributed by atoms with Gasteiger partial charge in [0.05, 0.1) is 22.5 Å². The molecule has 0 fully saturated rings. The molecule has 2 aromatic carbocycles. The molecular formula is C22H18FN5O3. The Balaban J connectivity index is 1.70. The Hall–Kier alpha value is -4.27. The smallest absolute Gasteiger partial charge is 0.257 e. The van der Waals surface area contributed by atoms with Gasteiger partial charge in [-0.05, 0) is 67.1 Å². The summed E-state index contributed by atoms with van der Waals surface area (Å²) in [6.07, 6.45) is 1.59. The average Bonchev–Trinajstić information content (AvgIpc) is 3.19. The molecule has 156 valence electrons. The minimum Gasteiger partial charge on any atom is -0.397 e. The first-order valence-electron chi connectivity index (χ1n) is 9.35. The highest BCUT2D eigenvalue weighted by atomic mass is 19.1. The zero-order chi connectivity index (χ0) is 22.3. The number of halogens is 1. The molecule has 0 radical (unpaired) electrons. The molecule has 2 amide bonds. The van der Waals surface area contributed by atoms with E-state index in [1.54, 1.807) is 19.9 Å². The van der Waals surface area contributed by atoms with Crippen LogP contribution in [0.15, 0.2) is 41.6 Å². The highest BCUT2D eigenvalue weighted by Crippen LogP contribution is 2.34. The zero-order valence-electron chi connectivity index (χ0n) is 16.7. The number of rotatable bonds is 4. The van der Waals surface area contributed by atoms with Crippen LogP contribution < -0.4 is 16.4 Å². The highest BCUT2D eigenvalue weighted by molar-refractivity contribution is 6.35. The van der Waals surface area contributed by atoms with E-state index in [9.17, 15) is 18.9 Å². The largest absolute Gasteiger partial charge is 0.397 e. The van der Waals surface area contributed by atoms with Crippen LogP contribution >= 0.6 is 0 Å². The number of aromatic nitrogens is 1. The monoisotopic (exact) mass is 419 g/mol. The molecule has 8 nitrogen and oxygen atoms in total. The minimum absolute atomic E-state index is 0.135. The summed E-state index contributed by atoms with van der Waals surface area (Å²) in [4.78, 5) is 39.2. The lowest BCUT2D eigenvalue weighted by molar-refractivity contribution is -0.110. The standard InChI is InChI=1S/C22H18FN5O3/c1-10-18(9-15-14-7-12(23)3-6-17(14)26-21(15)29)25-11(2)20(10)22(30)27-19-8-13(28-31)4-5-16(19)24/h3-9,25H,24H2,1-2H3,(H,26,29)(H,27,30)/b15-9-. The van der Waals surface area contributed by atoms with Crippen LogP contribution in [0.4, 0.5) is 27.1 Å². The van der Waals surface area contributed by atoms with Gasteiger partial charge in [-0.3, -0.25) is 9.59 Å². The normalized spacial score (nSPS) is 13.8. The summed E-state index contributed by atoms with van der Waals surface area (Å²) in [5.41, 5.74) is 9.92. The maximum Gasteiger partial charge on any atom is 0.257 e. The molecule has 31 heavy (non-hydrogen) atoms. The van der Waals surface area contributed by atoms with E-state index < -0.39 is 11.7 Å². The number of hydrogen-bond acceptors (Lipinski definition) is 5. The van der Waals surface area contributed by atoms with E-state index in [-0.39, 0.29) is 23.0 Å². The van der Waals surface area contributed by atoms with Crippen LogP contribution in [-0.2, 0) is 4.79 Å². The molecule has 0 unspecified atom stereocenters. The van der Waals surface area contributed by atoms with Crippen molar-refractivity contribution in [1.29, 1.82) is 0 Å². The van der Waals surface area contributed by atoms with Gasteiger partial charge >= 0.3 is 0 Å². The van der Waals surface area contributed by atoms with E-state index in [1.165, 1.54) is 36.4 Å². The van der Waals surface area contributed by atoms with Crippen LogP contribution in [0.25, 0.3) is 11.6 Å². The van der Waals surface area contributed by atoms with Crippen molar-refractivity contribution in [3.8, 4) is 0 Å². The van der Waals surface area contributed by atoms with E-state index in [4.69, 9.17) is 5.73 Å². The fourth-order valence-corrected chi connectivity index (χ4v) is 3.60. The molecule has 0 bridgehead atoms. The molecule has 3 aromatic rings. The number of nitroso groups, excluding NO2 is 1. The van der Waals surface area contributed by atoms with Gasteiger partial charge in [-0.25, -0.2) is 4.39 Å². The quantitative estimate of drug-likeness (QED) is 0.282. The molecule has 4 rings (SSSR count). The molecule has 1 aliphatic rings. The zero-order valence-corrected chi connectivity index (χ0v) is 16.7. The van der Waals surface area contributed by atoms with Crippen LogP contribution in [0.1, 0.15) is 32.9 Å². The number of carbonyl (C=O) groups excluding carboxylic acids is 2. The predicted octanol–water partition coefficient (Wildman–Crippen LogP) is 4.50. The maximum absolute atomic E-state index is 13.7. The number of aryl methyl sites for hydroxylation is 1. The number of amides is 2. The van der Waals surface area contributed by atoms with Gasteiger partial charge in [-0.1, -0.05) is 0 Å². The second-order valence-corrected chi connectivity index (χ2v) is 7.18. The minimum atomic E-state index is -0.453. The third kappa shape index (κ3) is 3.57. The Kier molecular flexibility index (Phi) is 4.86. The summed E-state index contributed by atoms with van der Waals surface area (Å²) in [6.45, 7) is 3.45. The topological polar surface area (TPSA) is 129 Å². The molecular weight excluding hydrogens is 401 g/mol. The number of nitrogens with two attached hydrogens (primary N) is 1. The molecule has 0 aliphatic carbocycles. The SMILES string of the molecule is Cc1[nH]c(/C=C2\C(=O)Nc3ccc(F)cc32)c(C)c1C(=O)Nc1cc(N=O)ccc1N. The second kappa shape index (κ2) is 7.52. The number of nitrogens with one attached hydrogen (secondary N) is 3. The molecule has 1 aromatic heterocycles. The number of H-pyrrole nitrogens is 1. The Morgan fingerprint density at radius 1 is 1.19 bits per heavy atom. The van der Waals surface area contributed by atoms with E-state index in [1.807, 2.05) is 0 Å². The lowest BCUT2D eigenvalue weighted by Crippen LogP contribution is -2.14. The molecule has 0 spiro atoms. The Bertz CT molecular complexity index is 1290. The molecule has 1 aliphatic heterocycles. The number of carbonyl (C=O) groups is 2. The van der Waals surface area contributed by atoms with Crippen molar-refractivity contribution in [1.82, 2.24) is 4.98 Å². The lowest BCUT2D eigenvalue weighted by Gasteiger charge is -2.09. The fourth-order valence-electron chi connectivity index (χ4n) is 3.60. The number of fused-ring (bicyclic) bond motifs is 1. The van der Waals surface area contributed by atoms with Gasteiger partial charge in [0, 0.05) is 22.6 Å². The molecule has 0 saturated heterocycles. The van der Waals surface area contributed by atoms with Crippen molar-refractivity contribution < 1.29 is 14.0 Å². The van der Waals surface area contributed by atoms with Crippen molar-refractivity contribution in [2.24, 2.45) is 5.18 Å².